The van der Waals surface area contributed by atoms with E-state index < -0.39 is 20.0 Å². The molecule has 2 N–H and O–H groups in total. The first-order chi connectivity index (χ1) is 23.8. The summed E-state index contributed by atoms with van der Waals surface area (Å²) in [6.45, 7) is 6.65. The molecule has 0 unspecified atom stereocenters. The monoisotopic (exact) mass is 721 g/mol. The lowest BCUT2D eigenvalue weighted by Crippen LogP contribution is -2.39. The van der Waals surface area contributed by atoms with Crippen LogP contribution in [0.3, 0.4) is 0 Å². The molecule has 2 heterocycles. The highest BCUT2D eigenvalue weighted by Crippen LogP contribution is 2.41. The fourth-order valence-corrected chi connectivity index (χ4v) is 9.19. The Labute approximate surface area is 288 Å². The lowest BCUT2D eigenvalue weighted by molar-refractivity contribution is 0.471. The Morgan fingerprint density at radius 2 is 1.30 bits per heavy atom. The highest BCUT2D eigenvalue weighted by Gasteiger charge is 2.35. The number of sulfonamides is 2. The zero-order valence-electron chi connectivity index (χ0n) is 27.6. The Bertz CT molecular complexity index is 2130. The van der Waals surface area contributed by atoms with Crippen molar-refractivity contribution in [2.24, 2.45) is 10.2 Å². The highest BCUT2D eigenvalue weighted by atomic mass is 32.3. The van der Waals surface area contributed by atoms with E-state index in [-0.39, 0.29) is 59.1 Å². The van der Waals surface area contributed by atoms with Crippen molar-refractivity contribution in [2.45, 2.75) is 47.0 Å². The van der Waals surface area contributed by atoms with Crippen LogP contribution >= 0.6 is 0 Å². The van der Waals surface area contributed by atoms with E-state index in [1.807, 2.05) is 0 Å². The Kier molecular flexibility index (Phi) is 10.7. The number of benzene rings is 2. The lowest BCUT2D eigenvalue weighted by atomic mass is 9.87. The number of allylic oxidation sites excluding steroid dienone is 4. The zero-order chi connectivity index (χ0) is 36.1. The Balaban J connectivity index is 1.75. The van der Waals surface area contributed by atoms with Crippen LogP contribution in [-0.4, -0.2) is 95.3 Å². The quantitative estimate of drug-likeness (QED) is 0.190. The summed E-state index contributed by atoms with van der Waals surface area (Å²) < 4.78 is 54.4. The number of rotatable bonds is 13. The first kappa shape index (κ1) is 35.7. The summed E-state index contributed by atoms with van der Waals surface area (Å²) in [7, 11) is -8.58. The maximum absolute atomic E-state index is 13.5. The third kappa shape index (κ3) is 7.84. The number of aryl methyl sites for hydroxylation is 2. The Morgan fingerprint density at radius 1 is 0.820 bits per heavy atom. The van der Waals surface area contributed by atoms with Gasteiger partial charge in [0.2, 0.25) is 20.0 Å². The van der Waals surface area contributed by atoms with E-state index >= 15 is 0 Å². The lowest BCUT2D eigenvalue weighted by Gasteiger charge is -2.27. The molecule has 50 heavy (non-hydrogen) atoms. The van der Waals surface area contributed by atoms with Gasteiger partial charge in [-0.2, -0.15) is 13.9 Å². The second-order valence-corrected chi connectivity index (χ2v) is 15.3. The predicted molar refractivity (Wildman–Crippen MR) is 185 cm³/mol. The van der Waals surface area contributed by atoms with Crippen LogP contribution in [0.4, 0.5) is 0 Å². The van der Waals surface area contributed by atoms with E-state index in [0.29, 0.717) is 37.6 Å². The standard InChI is InChI=1S/C31H35N11O6S2/c1-5-14-49(45,46)42(50(47,48)15-6-2)26-9-7-8-25(18-26)31(27-16-23(10-12-29(27)43)19-32-40-21(3)34-36-38-40)28-17-24(11-13-30(28)44)20-33-41-22(4)35-37-39-41/h7,9-13,16-20,43-44H,5-6,8,14-15H2,1-4H3/b32-19+,33-20+. The van der Waals surface area contributed by atoms with Gasteiger partial charge in [0, 0.05) is 11.1 Å². The van der Waals surface area contributed by atoms with E-state index in [1.54, 1.807) is 58.0 Å². The van der Waals surface area contributed by atoms with Crippen LogP contribution in [0.15, 0.2) is 76.1 Å². The average Bonchev–Trinajstić information content (AvgIpc) is 3.68. The smallest absolute Gasteiger partial charge is 0.248 e. The molecule has 2 aromatic carbocycles. The summed E-state index contributed by atoms with van der Waals surface area (Å²) in [4.78, 5) is 2.44. The molecule has 1 aliphatic rings. The number of phenols is 2. The number of phenolic OH excluding ortho intramolecular Hbond substituents is 2. The first-order valence-corrected chi connectivity index (χ1v) is 18.7. The molecule has 262 valence electrons. The number of tetrazole rings is 2. The van der Waals surface area contributed by atoms with E-state index in [9.17, 15) is 27.0 Å². The SMILES string of the molecule is CCCS(=O)(=O)N(C1=CC(=C(c2cc(/C=N/n3nnnc3C)ccc2O)c2cc(/C=N/n3nnnc3C)ccc2O)CC=C1)S(=O)(=O)CCC. The van der Waals surface area contributed by atoms with E-state index in [1.165, 1.54) is 46.3 Å². The maximum Gasteiger partial charge on any atom is 0.248 e. The third-order valence-electron chi connectivity index (χ3n) is 7.33. The summed E-state index contributed by atoms with van der Waals surface area (Å²) >= 11 is 0. The summed E-state index contributed by atoms with van der Waals surface area (Å²) in [5.41, 5.74) is 2.13. The number of nitrogens with zero attached hydrogens (tertiary/aromatic N) is 11. The molecule has 19 heteroatoms. The Morgan fingerprint density at radius 3 is 1.72 bits per heavy atom. The molecule has 0 saturated heterocycles. The minimum absolute atomic E-state index is 0.0941. The van der Waals surface area contributed by atoms with Crippen LogP contribution in [0.1, 0.15) is 67.0 Å². The minimum Gasteiger partial charge on any atom is -0.507 e. The van der Waals surface area contributed by atoms with Gasteiger partial charge in [-0.05, 0) is 125 Å². The van der Waals surface area contributed by atoms with Crippen LogP contribution in [0.2, 0.25) is 0 Å². The molecule has 2 aromatic heterocycles. The maximum atomic E-state index is 13.5. The molecular weight excluding hydrogens is 687 g/mol. The van der Waals surface area contributed by atoms with Crippen LogP contribution in [0.5, 0.6) is 11.5 Å². The van der Waals surface area contributed by atoms with E-state index in [4.69, 9.17) is 0 Å². The molecule has 4 aromatic rings. The minimum atomic E-state index is -4.29. The molecule has 0 atom stereocenters. The van der Waals surface area contributed by atoms with Gasteiger partial charge in [-0.15, -0.1) is 19.8 Å². The fourth-order valence-electron chi connectivity index (χ4n) is 5.13. The van der Waals surface area contributed by atoms with Crippen LogP contribution < -0.4 is 0 Å². The average molecular weight is 722 g/mol. The second-order valence-electron chi connectivity index (χ2n) is 11.2. The third-order valence-corrected chi connectivity index (χ3v) is 12.0. The topological polar surface area (TPSA) is 224 Å². The number of hydrogen-bond donors (Lipinski definition) is 2. The molecule has 0 amide bonds. The van der Waals surface area contributed by atoms with Crippen molar-refractivity contribution in [1.29, 1.82) is 0 Å². The van der Waals surface area contributed by atoms with Gasteiger partial charge in [-0.25, -0.2) is 16.8 Å². The molecule has 0 radical (unpaired) electrons. The van der Waals surface area contributed by atoms with Gasteiger partial charge in [0.1, 0.15) is 11.5 Å². The second kappa shape index (κ2) is 14.9. The summed E-state index contributed by atoms with van der Waals surface area (Å²) in [5.74, 6) is -0.252. The van der Waals surface area contributed by atoms with Gasteiger partial charge in [0.05, 0.1) is 29.6 Å². The molecular formula is C31H35N11O6S2. The van der Waals surface area contributed by atoms with Crippen molar-refractivity contribution in [1.82, 2.24) is 44.3 Å². The summed E-state index contributed by atoms with van der Waals surface area (Å²) in [6.07, 6.45) is 8.06. The molecule has 0 spiro atoms. The van der Waals surface area contributed by atoms with Crippen LogP contribution in [-0.2, 0) is 20.0 Å². The fraction of sp³-hybridized carbons (Fsp3) is 0.290. The van der Waals surface area contributed by atoms with Gasteiger partial charge in [0.15, 0.2) is 11.6 Å². The number of aromatic nitrogens is 8. The molecule has 17 nitrogen and oxygen atoms in total. The molecule has 0 fully saturated rings. The van der Waals surface area contributed by atoms with Gasteiger partial charge >= 0.3 is 0 Å². The van der Waals surface area contributed by atoms with E-state index in [2.05, 4.69) is 41.3 Å². The van der Waals surface area contributed by atoms with Crippen molar-refractivity contribution in [3.05, 3.63) is 99.8 Å². The molecule has 0 bridgehead atoms. The highest BCUT2D eigenvalue weighted by molar-refractivity contribution is 8.04. The zero-order valence-corrected chi connectivity index (χ0v) is 29.3. The van der Waals surface area contributed by atoms with Gasteiger partial charge in [0.25, 0.3) is 0 Å². The van der Waals surface area contributed by atoms with Crippen LogP contribution in [0.25, 0.3) is 5.57 Å². The van der Waals surface area contributed by atoms with Crippen molar-refractivity contribution in [2.75, 3.05) is 11.5 Å². The van der Waals surface area contributed by atoms with Gasteiger partial charge in [-0.3, -0.25) is 0 Å². The summed E-state index contributed by atoms with van der Waals surface area (Å²) in [6, 6.07) is 9.35. The summed E-state index contributed by atoms with van der Waals surface area (Å²) in [5, 5.41) is 53.5. The number of aromatic hydroxyl groups is 2. The predicted octanol–water partition coefficient (Wildman–Crippen LogP) is 2.88. The van der Waals surface area contributed by atoms with Gasteiger partial charge in [-0.1, -0.05) is 19.9 Å². The molecule has 1 aliphatic carbocycles. The number of hydrogen-bond acceptors (Lipinski definition) is 14. The molecule has 0 aliphatic heterocycles. The van der Waals surface area contributed by atoms with Crippen molar-refractivity contribution >= 4 is 38.0 Å². The van der Waals surface area contributed by atoms with Crippen molar-refractivity contribution in [3.63, 3.8) is 0 Å². The van der Waals surface area contributed by atoms with Gasteiger partial charge < -0.3 is 10.2 Å². The van der Waals surface area contributed by atoms with Crippen molar-refractivity contribution < 1.29 is 27.0 Å². The van der Waals surface area contributed by atoms with E-state index in [0.717, 1.165) is 0 Å². The first-order valence-electron chi connectivity index (χ1n) is 15.5. The molecule has 5 rings (SSSR count). The normalized spacial score (nSPS) is 13.8. The molecule has 0 saturated carbocycles. The Hall–Kier alpha value is -5.56. The largest absolute Gasteiger partial charge is 0.507 e. The van der Waals surface area contributed by atoms with Crippen molar-refractivity contribution in [3.8, 4) is 11.5 Å². The van der Waals surface area contributed by atoms with Crippen LogP contribution in [0, 0.1) is 13.8 Å².